The van der Waals surface area contributed by atoms with Gasteiger partial charge in [-0.15, -0.1) is 0 Å². The second kappa shape index (κ2) is 15.3. The zero-order valence-corrected chi connectivity index (χ0v) is 18.4. The smallest absolute Gasteiger partial charge is 0.463 e. The number of amides is 1. The number of aliphatic hydroxyl groups is 1. The number of thioether (sulfide) groups is 1. The van der Waals surface area contributed by atoms with Crippen LogP contribution < -0.4 is 5.73 Å². The lowest BCUT2D eigenvalue weighted by molar-refractivity contribution is -0.147. The van der Waals surface area contributed by atoms with Crippen LogP contribution in [0.3, 0.4) is 0 Å². The van der Waals surface area contributed by atoms with Crippen LogP contribution in [0, 0.1) is 5.92 Å². The predicted octanol–water partition coefficient (Wildman–Crippen LogP) is 0.420. The molecule has 0 heterocycles. The van der Waals surface area contributed by atoms with Crippen LogP contribution in [0.25, 0.3) is 0 Å². The highest BCUT2D eigenvalue weighted by atomic mass is 32.2. The molecule has 1 amide bonds. The Bertz CT molecular complexity index is 417. The third-order valence-corrected chi connectivity index (χ3v) is 7.82. The van der Waals surface area contributed by atoms with E-state index in [0.29, 0.717) is 30.6 Å². The first kappa shape index (κ1) is 26.3. The molecule has 0 radical (unpaired) electrons. The standard InChI is InChI=1S/C16H33NO8SSi/c1-13(16(17)20)12-26-8-6-15(19)25-11-14(18)10-24-7-5-9-27(21-2,22-3)23-4/h13-14,18H,5-12H2,1-4H3,(H2,17,20). The fraction of sp³-hybridized carbons (Fsp3) is 0.875. The summed E-state index contributed by atoms with van der Waals surface area (Å²) < 4.78 is 26.3. The van der Waals surface area contributed by atoms with Crippen LogP contribution in [0.4, 0.5) is 0 Å². The molecule has 0 aliphatic rings. The van der Waals surface area contributed by atoms with Crippen molar-refractivity contribution in [3.8, 4) is 0 Å². The van der Waals surface area contributed by atoms with Crippen LogP contribution in [0.2, 0.25) is 6.04 Å². The van der Waals surface area contributed by atoms with Crippen LogP contribution in [0.15, 0.2) is 0 Å². The van der Waals surface area contributed by atoms with Crippen LogP contribution in [0.5, 0.6) is 0 Å². The Balaban J connectivity index is 3.72. The van der Waals surface area contributed by atoms with E-state index >= 15 is 0 Å². The second-order valence-electron chi connectivity index (χ2n) is 5.94. The molecule has 27 heavy (non-hydrogen) atoms. The van der Waals surface area contributed by atoms with Gasteiger partial charge < -0.3 is 33.6 Å². The van der Waals surface area contributed by atoms with Gasteiger partial charge >= 0.3 is 14.8 Å². The van der Waals surface area contributed by atoms with E-state index in [9.17, 15) is 14.7 Å². The molecule has 0 aromatic heterocycles. The maximum absolute atomic E-state index is 11.6. The summed E-state index contributed by atoms with van der Waals surface area (Å²) in [6.07, 6.45) is -0.0118. The minimum atomic E-state index is -2.59. The maximum Gasteiger partial charge on any atom is 0.500 e. The molecule has 0 rings (SSSR count). The Morgan fingerprint density at radius 3 is 2.33 bits per heavy atom. The number of carbonyl (C=O) groups excluding carboxylic acids is 2. The summed E-state index contributed by atoms with van der Waals surface area (Å²) in [6, 6.07) is 0.605. The monoisotopic (exact) mass is 427 g/mol. The lowest BCUT2D eigenvalue weighted by atomic mass is 10.2. The largest absolute Gasteiger partial charge is 0.500 e. The molecule has 0 aromatic rings. The van der Waals surface area contributed by atoms with Crippen LogP contribution >= 0.6 is 11.8 Å². The summed E-state index contributed by atoms with van der Waals surface area (Å²) in [5.41, 5.74) is 5.16. The van der Waals surface area contributed by atoms with Gasteiger partial charge in [-0.05, 0) is 6.42 Å². The van der Waals surface area contributed by atoms with Gasteiger partial charge in [0.15, 0.2) is 0 Å². The minimum Gasteiger partial charge on any atom is -0.463 e. The van der Waals surface area contributed by atoms with Gasteiger partial charge in [-0.1, -0.05) is 6.92 Å². The van der Waals surface area contributed by atoms with Crippen molar-refractivity contribution in [2.75, 3.05) is 52.7 Å². The summed E-state index contributed by atoms with van der Waals surface area (Å²) in [5, 5.41) is 9.78. The molecule has 2 unspecified atom stereocenters. The van der Waals surface area contributed by atoms with Gasteiger partial charge in [0.1, 0.15) is 12.7 Å². The molecule has 0 aliphatic heterocycles. The van der Waals surface area contributed by atoms with Crippen molar-refractivity contribution < 1.29 is 37.4 Å². The van der Waals surface area contributed by atoms with Crippen LogP contribution in [0.1, 0.15) is 19.8 Å². The van der Waals surface area contributed by atoms with Crippen molar-refractivity contribution in [1.29, 1.82) is 0 Å². The van der Waals surface area contributed by atoms with Gasteiger partial charge in [0.2, 0.25) is 5.91 Å². The maximum atomic E-state index is 11.6. The first-order chi connectivity index (χ1) is 12.8. The van der Waals surface area contributed by atoms with E-state index in [1.807, 2.05) is 0 Å². The van der Waals surface area contributed by atoms with E-state index in [2.05, 4.69) is 0 Å². The molecule has 2 atom stereocenters. The van der Waals surface area contributed by atoms with Crippen LogP contribution in [-0.4, -0.2) is 84.5 Å². The number of hydrogen-bond acceptors (Lipinski definition) is 9. The molecule has 160 valence electrons. The summed E-state index contributed by atoms with van der Waals surface area (Å²) in [7, 11) is 2.06. The topological polar surface area (TPSA) is 127 Å². The van der Waals surface area contributed by atoms with Crippen molar-refractivity contribution >= 4 is 32.4 Å². The van der Waals surface area contributed by atoms with Gasteiger partial charge in [0.05, 0.1) is 13.0 Å². The molecule has 11 heteroatoms. The Morgan fingerprint density at radius 2 is 1.78 bits per heavy atom. The zero-order valence-electron chi connectivity index (χ0n) is 16.6. The molecule has 0 fully saturated rings. The quantitative estimate of drug-likeness (QED) is 0.193. The number of ether oxygens (including phenoxy) is 2. The fourth-order valence-corrected chi connectivity index (χ4v) is 4.66. The van der Waals surface area contributed by atoms with E-state index in [-0.39, 0.29) is 31.5 Å². The van der Waals surface area contributed by atoms with E-state index < -0.39 is 20.9 Å². The van der Waals surface area contributed by atoms with E-state index in [4.69, 9.17) is 28.5 Å². The highest BCUT2D eigenvalue weighted by Gasteiger charge is 2.36. The third kappa shape index (κ3) is 12.4. The number of primary amides is 1. The molecule has 3 N–H and O–H groups in total. The Kier molecular flexibility index (Phi) is 14.9. The summed E-state index contributed by atoms with van der Waals surface area (Å²) in [4.78, 5) is 22.5. The molecule has 0 aromatic carbocycles. The highest BCUT2D eigenvalue weighted by molar-refractivity contribution is 7.99. The number of hydrogen-bond donors (Lipinski definition) is 2. The molecule has 9 nitrogen and oxygen atoms in total. The van der Waals surface area contributed by atoms with E-state index in [1.54, 1.807) is 28.3 Å². The van der Waals surface area contributed by atoms with Gasteiger partial charge in [-0.2, -0.15) is 11.8 Å². The number of aliphatic hydroxyl groups excluding tert-OH is 1. The van der Waals surface area contributed by atoms with Crippen molar-refractivity contribution in [2.45, 2.75) is 31.9 Å². The van der Waals surface area contributed by atoms with Gasteiger partial charge in [-0.25, -0.2) is 0 Å². The number of carbonyl (C=O) groups is 2. The Morgan fingerprint density at radius 1 is 1.15 bits per heavy atom. The number of rotatable bonds is 17. The van der Waals surface area contributed by atoms with Crippen molar-refractivity contribution in [1.82, 2.24) is 0 Å². The predicted molar refractivity (Wildman–Crippen MR) is 104 cm³/mol. The van der Waals surface area contributed by atoms with Gasteiger partial charge in [0, 0.05) is 51.4 Å². The average Bonchev–Trinajstić information content (AvgIpc) is 2.66. The number of esters is 1. The van der Waals surface area contributed by atoms with Crippen molar-refractivity contribution in [2.24, 2.45) is 11.7 Å². The molecule has 0 saturated heterocycles. The molecular formula is C16H33NO8SSi. The molecule has 0 bridgehead atoms. The Labute approximate surface area is 166 Å². The number of nitrogens with two attached hydrogens (primary N) is 1. The third-order valence-electron chi connectivity index (χ3n) is 3.76. The lowest BCUT2D eigenvalue weighted by Crippen LogP contribution is -2.42. The van der Waals surface area contributed by atoms with Crippen molar-refractivity contribution in [3.05, 3.63) is 0 Å². The first-order valence-electron chi connectivity index (χ1n) is 8.74. The summed E-state index contributed by atoms with van der Waals surface area (Å²) in [6.45, 7) is 2.10. The molecular weight excluding hydrogens is 394 g/mol. The highest BCUT2D eigenvalue weighted by Crippen LogP contribution is 2.15. The minimum absolute atomic E-state index is 0.0691. The normalized spacial score (nSPS) is 14.0. The van der Waals surface area contributed by atoms with Crippen molar-refractivity contribution in [3.63, 3.8) is 0 Å². The van der Waals surface area contributed by atoms with Gasteiger partial charge in [0.25, 0.3) is 0 Å². The SMILES string of the molecule is CO[Si](CCCOCC(O)COC(=O)CCSCC(C)C(N)=O)(OC)OC. The van der Waals surface area contributed by atoms with E-state index in [1.165, 1.54) is 11.8 Å². The molecule has 0 spiro atoms. The summed E-state index contributed by atoms with van der Waals surface area (Å²) >= 11 is 1.46. The Hall–Kier alpha value is -0.693. The molecule has 0 aliphatic carbocycles. The lowest BCUT2D eigenvalue weighted by Gasteiger charge is -2.24. The average molecular weight is 428 g/mol. The fourth-order valence-electron chi connectivity index (χ4n) is 1.97. The van der Waals surface area contributed by atoms with E-state index in [0.717, 1.165) is 0 Å². The second-order valence-corrected chi connectivity index (χ2v) is 10.2. The first-order valence-corrected chi connectivity index (χ1v) is 11.8. The molecule has 0 saturated carbocycles. The summed E-state index contributed by atoms with van der Waals surface area (Å²) in [5.74, 6) is 0.123. The van der Waals surface area contributed by atoms with Gasteiger partial charge in [-0.3, -0.25) is 9.59 Å². The zero-order chi connectivity index (χ0) is 20.7. The van der Waals surface area contributed by atoms with Crippen LogP contribution in [-0.2, 0) is 32.3 Å².